The van der Waals surface area contributed by atoms with Gasteiger partial charge in [-0.2, -0.15) is 0 Å². The molecule has 1 aliphatic rings. The average Bonchev–Trinajstić information content (AvgIpc) is 2.74. The lowest BCUT2D eigenvalue weighted by atomic mass is 9.80. The Morgan fingerprint density at radius 1 is 1.12 bits per heavy atom. The van der Waals surface area contributed by atoms with Crippen molar-refractivity contribution in [3.63, 3.8) is 0 Å². The van der Waals surface area contributed by atoms with E-state index in [0.717, 1.165) is 6.07 Å². The zero-order valence-corrected chi connectivity index (χ0v) is 14.7. The third kappa shape index (κ3) is 3.30. The van der Waals surface area contributed by atoms with E-state index in [-0.39, 0.29) is 34.1 Å². The van der Waals surface area contributed by atoms with Crippen LogP contribution in [0.25, 0.3) is 0 Å². The van der Waals surface area contributed by atoms with Crippen LogP contribution < -0.4 is 9.77 Å². The molecule has 1 heterocycles. The van der Waals surface area contributed by atoms with Gasteiger partial charge in [0.1, 0.15) is 0 Å². The molecule has 3 rings (SSSR count). The van der Waals surface area contributed by atoms with Crippen molar-refractivity contribution in [2.45, 2.75) is 17.7 Å². The number of carbonyl (C=O) groups excluding carboxylic acids is 1. The number of ketones is 1. The molecule has 0 saturated heterocycles. The summed E-state index contributed by atoms with van der Waals surface area (Å²) in [7, 11) is -5.88. The molecule has 2 aromatic carbocycles. The highest BCUT2D eigenvalue weighted by Crippen LogP contribution is 2.31. The number of fused-ring (bicyclic) bond motifs is 1. The molecule has 0 bridgehead atoms. The monoisotopic (exact) mass is 379 g/mol. The van der Waals surface area contributed by atoms with Gasteiger partial charge in [0, 0.05) is 29.0 Å². The summed E-state index contributed by atoms with van der Waals surface area (Å²) in [6, 6.07) is 10.3. The van der Waals surface area contributed by atoms with Gasteiger partial charge >= 0.3 is 7.12 Å². The molecule has 1 aliphatic heterocycles. The molecule has 0 aromatic heterocycles. The first-order valence-electron chi connectivity index (χ1n) is 7.63. The lowest BCUT2D eigenvalue weighted by Gasteiger charge is -2.24. The van der Waals surface area contributed by atoms with Crippen LogP contribution in [-0.2, 0) is 10.0 Å². The van der Waals surface area contributed by atoms with Gasteiger partial charge in [0.05, 0.1) is 10.6 Å². The number of para-hydroxylation sites is 1. The normalized spacial score (nSPS) is 14.8. The Kier molecular flexibility index (Phi) is 4.88. The van der Waals surface area contributed by atoms with Gasteiger partial charge in [-0.25, -0.2) is 8.42 Å². The number of Topliss-reactive ketones (excluding diaryl/α,β-unsaturated/α-hetero) is 1. The number of hydrogen-bond donors (Lipinski definition) is 2. The van der Waals surface area contributed by atoms with Gasteiger partial charge in [0.15, 0.2) is 5.78 Å². The Hall–Kier alpha value is -1.87. The Bertz CT molecular complexity index is 932. The minimum atomic E-state index is -3.99. The van der Waals surface area contributed by atoms with Gasteiger partial charge in [-0.15, -0.1) is 0 Å². The number of rotatable bonds is 3. The number of sulfonamides is 1. The van der Waals surface area contributed by atoms with Crippen molar-refractivity contribution in [3.05, 3.63) is 53.1 Å². The van der Waals surface area contributed by atoms with E-state index >= 15 is 0 Å². The molecule has 0 fully saturated rings. The zero-order chi connectivity index (χ0) is 18.2. The molecule has 0 amide bonds. The van der Waals surface area contributed by atoms with E-state index in [4.69, 9.17) is 11.6 Å². The van der Waals surface area contributed by atoms with Crippen molar-refractivity contribution in [2.24, 2.45) is 0 Å². The van der Waals surface area contributed by atoms with E-state index in [1.165, 1.54) is 16.4 Å². The van der Waals surface area contributed by atoms with Crippen LogP contribution in [0.15, 0.2) is 47.4 Å². The van der Waals surface area contributed by atoms with Crippen LogP contribution in [0.5, 0.6) is 0 Å². The maximum absolute atomic E-state index is 13.1. The van der Waals surface area contributed by atoms with Gasteiger partial charge in [0.25, 0.3) is 10.0 Å². The quantitative estimate of drug-likeness (QED) is 0.781. The molecule has 6 nitrogen and oxygen atoms in total. The summed E-state index contributed by atoms with van der Waals surface area (Å²) < 4.78 is 27.4. The molecule has 2 N–H and O–H groups in total. The number of carbonyl (C=O) groups is 1. The Labute approximate surface area is 150 Å². The molecule has 0 atom stereocenters. The number of nitrogens with zero attached hydrogens (tertiary/aromatic N) is 1. The summed E-state index contributed by atoms with van der Waals surface area (Å²) >= 11 is 5.88. The maximum Gasteiger partial charge on any atom is 0.490 e. The number of anilines is 1. The largest absolute Gasteiger partial charge is 0.490 e. The summed E-state index contributed by atoms with van der Waals surface area (Å²) in [6.07, 6.45) is 0.667. The minimum absolute atomic E-state index is 0.0559. The highest BCUT2D eigenvalue weighted by molar-refractivity contribution is 7.92. The predicted molar refractivity (Wildman–Crippen MR) is 95.8 cm³/mol. The van der Waals surface area contributed by atoms with Crippen LogP contribution in [0.1, 0.15) is 23.2 Å². The van der Waals surface area contributed by atoms with Crippen molar-refractivity contribution in [3.8, 4) is 0 Å². The third-order valence-corrected chi connectivity index (χ3v) is 6.23. The molecular weight excluding hydrogens is 365 g/mol. The van der Waals surface area contributed by atoms with Gasteiger partial charge in [-0.05, 0) is 36.8 Å². The van der Waals surface area contributed by atoms with Gasteiger partial charge in [-0.1, -0.05) is 23.7 Å². The minimum Gasteiger partial charge on any atom is -0.423 e. The molecule has 0 unspecified atom stereocenters. The fourth-order valence-electron chi connectivity index (χ4n) is 2.82. The van der Waals surface area contributed by atoms with Crippen LogP contribution in [0, 0.1) is 0 Å². The van der Waals surface area contributed by atoms with Crippen LogP contribution in [0.2, 0.25) is 5.02 Å². The Morgan fingerprint density at radius 2 is 1.84 bits per heavy atom. The first-order valence-corrected chi connectivity index (χ1v) is 9.45. The second-order valence-electron chi connectivity index (χ2n) is 5.68. The summed E-state index contributed by atoms with van der Waals surface area (Å²) in [6.45, 7) is 0.157. The number of halogens is 1. The lowest BCUT2D eigenvalue weighted by Crippen LogP contribution is -2.35. The predicted octanol–water partition coefficient (Wildman–Crippen LogP) is 1.19. The van der Waals surface area contributed by atoms with Crippen molar-refractivity contribution < 1.29 is 23.3 Å². The van der Waals surface area contributed by atoms with Gasteiger partial charge in [0.2, 0.25) is 0 Å². The summed E-state index contributed by atoms with van der Waals surface area (Å²) in [5.74, 6) is -0.101. The van der Waals surface area contributed by atoms with Crippen LogP contribution in [-0.4, -0.2) is 37.9 Å². The molecule has 25 heavy (non-hydrogen) atoms. The Morgan fingerprint density at radius 3 is 2.56 bits per heavy atom. The molecule has 0 spiro atoms. The van der Waals surface area contributed by atoms with Crippen LogP contribution in [0.4, 0.5) is 5.69 Å². The van der Waals surface area contributed by atoms with E-state index in [1.807, 2.05) is 0 Å². The molecule has 0 saturated carbocycles. The van der Waals surface area contributed by atoms with E-state index in [0.29, 0.717) is 17.7 Å². The highest BCUT2D eigenvalue weighted by Gasteiger charge is 2.31. The average molecular weight is 380 g/mol. The number of hydrogen-bond acceptors (Lipinski definition) is 5. The van der Waals surface area contributed by atoms with E-state index in [2.05, 4.69) is 0 Å². The van der Waals surface area contributed by atoms with Crippen molar-refractivity contribution in [2.75, 3.05) is 10.8 Å². The van der Waals surface area contributed by atoms with Crippen LogP contribution >= 0.6 is 11.6 Å². The summed E-state index contributed by atoms with van der Waals surface area (Å²) in [5, 5.41) is 18.8. The van der Waals surface area contributed by atoms with Gasteiger partial charge < -0.3 is 10.0 Å². The smallest absolute Gasteiger partial charge is 0.423 e. The zero-order valence-electron chi connectivity index (χ0n) is 13.1. The van der Waals surface area contributed by atoms with Crippen molar-refractivity contribution >= 4 is 45.7 Å². The molecular formula is C16H15BClNO5S. The fraction of sp³-hybridized carbons (Fsp3) is 0.188. The maximum atomic E-state index is 13.1. The molecule has 0 aliphatic carbocycles. The lowest BCUT2D eigenvalue weighted by molar-refractivity contribution is 0.0983. The standard InChI is InChI=1S/C16H15BClNO5S/c18-14-8-7-11(10-13(14)17(21)22)25(23,24)19-9-3-6-16(20)12-4-1-2-5-15(12)19/h1-2,4-5,7-8,10,21-22H,3,6,9H2. The van der Waals surface area contributed by atoms with E-state index in [1.54, 1.807) is 24.3 Å². The topological polar surface area (TPSA) is 94.9 Å². The molecule has 2 aromatic rings. The summed E-state index contributed by atoms with van der Waals surface area (Å²) in [4.78, 5) is 12.1. The van der Waals surface area contributed by atoms with Crippen molar-refractivity contribution in [1.82, 2.24) is 0 Å². The third-order valence-electron chi connectivity index (χ3n) is 4.07. The SMILES string of the molecule is O=C1CCCN(S(=O)(=O)c2ccc(Cl)c(B(O)O)c2)c2ccccc21. The highest BCUT2D eigenvalue weighted by atomic mass is 35.5. The fourth-order valence-corrected chi connectivity index (χ4v) is 4.60. The van der Waals surface area contributed by atoms with E-state index < -0.39 is 17.1 Å². The molecule has 0 radical (unpaired) electrons. The Balaban J connectivity index is 2.13. The van der Waals surface area contributed by atoms with Crippen molar-refractivity contribution in [1.29, 1.82) is 0 Å². The second-order valence-corrected chi connectivity index (χ2v) is 7.95. The number of benzene rings is 2. The van der Waals surface area contributed by atoms with E-state index in [9.17, 15) is 23.3 Å². The van der Waals surface area contributed by atoms with Gasteiger partial charge in [-0.3, -0.25) is 9.10 Å². The first-order chi connectivity index (χ1) is 11.8. The second kappa shape index (κ2) is 6.80. The summed E-state index contributed by atoms with van der Waals surface area (Å²) in [5.41, 5.74) is 0.591. The molecule has 130 valence electrons. The van der Waals surface area contributed by atoms with Crippen LogP contribution in [0.3, 0.4) is 0 Å². The molecule has 9 heteroatoms. The first kappa shape index (κ1) is 17.9.